The molecule has 0 radical (unpaired) electrons. The molecule has 0 fully saturated rings. The van der Waals surface area contributed by atoms with Gasteiger partial charge in [0.1, 0.15) is 17.3 Å². The molecule has 4 nitrogen and oxygen atoms in total. The molecule has 1 amide bonds. The Morgan fingerprint density at radius 1 is 1.16 bits per heavy atom. The molecule has 0 saturated carbocycles. The molecule has 25 heavy (non-hydrogen) atoms. The van der Waals surface area contributed by atoms with Gasteiger partial charge in [-0.3, -0.25) is 4.79 Å². The van der Waals surface area contributed by atoms with E-state index in [0.717, 1.165) is 11.1 Å². The molecular weight excluding hydrogens is 341 g/mol. The summed E-state index contributed by atoms with van der Waals surface area (Å²) in [7, 11) is 3.19. The van der Waals surface area contributed by atoms with Crippen LogP contribution >= 0.6 is 11.8 Å². The molecule has 0 aromatic heterocycles. The molecular formula is C19H22FNO3S. The summed E-state index contributed by atoms with van der Waals surface area (Å²) >= 11 is 1.48. The maximum Gasteiger partial charge on any atom is 0.230 e. The van der Waals surface area contributed by atoms with Crippen LogP contribution in [0.3, 0.4) is 0 Å². The quantitative estimate of drug-likeness (QED) is 0.771. The summed E-state index contributed by atoms with van der Waals surface area (Å²) in [4.78, 5) is 12.2. The normalized spacial score (nSPS) is 11.7. The number of methoxy groups -OCH3 is 2. The van der Waals surface area contributed by atoms with Gasteiger partial charge in [0.2, 0.25) is 5.91 Å². The average Bonchev–Trinajstić information content (AvgIpc) is 2.62. The number of nitrogens with one attached hydrogen (secondary N) is 1. The van der Waals surface area contributed by atoms with Crippen LogP contribution in [0.25, 0.3) is 0 Å². The highest BCUT2D eigenvalue weighted by Crippen LogP contribution is 2.29. The van der Waals surface area contributed by atoms with Crippen LogP contribution in [0.5, 0.6) is 11.5 Å². The highest BCUT2D eigenvalue weighted by Gasteiger charge is 2.15. The van der Waals surface area contributed by atoms with Crippen molar-refractivity contribution in [3.63, 3.8) is 0 Å². The predicted molar refractivity (Wildman–Crippen MR) is 98.7 cm³/mol. The summed E-state index contributed by atoms with van der Waals surface area (Å²) in [5.74, 6) is 2.07. The average molecular weight is 363 g/mol. The van der Waals surface area contributed by atoms with Gasteiger partial charge in [-0.15, -0.1) is 11.8 Å². The number of carbonyl (C=O) groups is 1. The molecule has 1 N–H and O–H groups in total. The lowest BCUT2D eigenvalue weighted by atomic mass is 10.1. The molecule has 0 bridgehead atoms. The van der Waals surface area contributed by atoms with Gasteiger partial charge in [0.15, 0.2) is 0 Å². The van der Waals surface area contributed by atoms with Crippen LogP contribution in [0.1, 0.15) is 24.1 Å². The van der Waals surface area contributed by atoms with E-state index in [1.807, 2.05) is 25.1 Å². The molecule has 1 unspecified atom stereocenters. The molecule has 0 spiro atoms. The van der Waals surface area contributed by atoms with E-state index in [0.29, 0.717) is 23.0 Å². The van der Waals surface area contributed by atoms with Gasteiger partial charge in [-0.25, -0.2) is 4.39 Å². The van der Waals surface area contributed by atoms with E-state index in [1.165, 1.54) is 23.9 Å². The third-order valence-electron chi connectivity index (χ3n) is 3.70. The number of benzene rings is 2. The van der Waals surface area contributed by atoms with Gasteiger partial charge in [-0.2, -0.15) is 0 Å². The van der Waals surface area contributed by atoms with Crippen LogP contribution in [-0.4, -0.2) is 25.9 Å². The molecule has 0 aliphatic carbocycles. The van der Waals surface area contributed by atoms with E-state index in [-0.39, 0.29) is 17.8 Å². The third-order valence-corrected chi connectivity index (χ3v) is 4.70. The molecule has 0 saturated heterocycles. The fourth-order valence-electron chi connectivity index (χ4n) is 2.38. The molecule has 1 atom stereocenters. The van der Waals surface area contributed by atoms with E-state index in [4.69, 9.17) is 9.47 Å². The number of ether oxygens (including phenoxy) is 2. The van der Waals surface area contributed by atoms with E-state index < -0.39 is 0 Å². The van der Waals surface area contributed by atoms with Crippen LogP contribution in [0.4, 0.5) is 4.39 Å². The fraction of sp³-hybridized carbons (Fsp3) is 0.316. The van der Waals surface area contributed by atoms with Gasteiger partial charge >= 0.3 is 0 Å². The van der Waals surface area contributed by atoms with Crippen LogP contribution < -0.4 is 14.8 Å². The van der Waals surface area contributed by atoms with Crippen LogP contribution in [0.15, 0.2) is 42.5 Å². The largest absolute Gasteiger partial charge is 0.497 e. The Morgan fingerprint density at radius 2 is 1.88 bits per heavy atom. The van der Waals surface area contributed by atoms with Crippen molar-refractivity contribution < 1.29 is 18.7 Å². The van der Waals surface area contributed by atoms with Gasteiger partial charge in [0.05, 0.1) is 26.0 Å². The molecule has 0 aliphatic heterocycles. The summed E-state index contributed by atoms with van der Waals surface area (Å²) in [6, 6.07) is 11.6. The molecule has 6 heteroatoms. The number of rotatable bonds is 8. The molecule has 134 valence electrons. The van der Waals surface area contributed by atoms with Crippen molar-refractivity contribution in [2.45, 2.75) is 18.7 Å². The van der Waals surface area contributed by atoms with Crippen LogP contribution in [0.2, 0.25) is 0 Å². The lowest BCUT2D eigenvalue weighted by Gasteiger charge is -2.18. The highest BCUT2D eigenvalue weighted by atomic mass is 32.2. The lowest BCUT2D eigenvalue weighted by molar-refractivity contribution is -0.119. The maximum atomic E-state index is 12.9. The standard InChI is InChI=1S/C19H22FNO3S/c1-13(17-10-16(23-2)8-9-18(17)24-3)21-19(22)12-25-11-14-4-6-15(20)7-5-14/h4-10,13H,11-12H2,1-3H3,(H,21,22). The zero-order valence-corrected chi connectivity index (χ0v) is 15.4. The van der Waals surface area contributed by atoms with Gasteiger partial charge in [-0.05, 0) is 42.8 Å². The first kappa shape index (κ1) is 19.1. The topological polar surface area (TPSA) is 47.6 Å². The Kier molecular flexibility index (Phi) is 7.13. The summed E-state index contributed by atoms with van der Waals surface area (Å²) in [6.45, 7) is 1.90. The monoisotopic (exact) mass is 363 g/mol. The van der Waals surface area contributed by atoms with Crippen LogP contribution in [-0.2, 0) is 10.5 Å². The first-order chi connectivity index (χ1) is 12.0. The first-order valence-electron chi connectivity index (χ1n) is 7.87. The SMILES string of the molecule is COc1ccc(OC)c(C(C)NC(=O)CSCc2ccc(F)cc2)c1. The van der Waals surface area contributed by atoms with Crippen molar-refractivity contribution in [3.05, 3.63) is 59.4 Å². The van der Waals surface area contributed by atoms with Gasteiger partial charge in [0, 0.05) is 11.3 Å². The Morgan fingerprint density at radius 3 is 2.52 bits per heavy atom. The number of carbonyl (C=O) groups excluding carboxylic acids is 1. The minimum Gasteiger partial charge on any atom is -0.497 e. The van der Waals surface area contributed by atoms with Gasteiger partial charge in [-0.1, -0.05) is 12.1 Å². The zero-order valence-electron chi connectivity index (χ0n) is 14.5. The maximum absolute atomic E-state index is 12.9. The second-order valence-electron chi connectivity index (χ2n) is 5.52. The molecule has 2 aromatic carbocycles. The molecule has 0 aliphatic rings. The van der Waals surface area contributed by atoms with Gasteiger partial charge in [0.25, 0.3) is 0 Å². The first-order valence-corrected chi connectivity index (χ1v) is 9.02. The minimum atomic E-state index is -0.257. The van der Waals surface area contributed by atoms with Crippen molar-refractivity contribution in [1.29, 1.82) is 0 Å². The van der Waals surface area contributed by atoms with Crippen molar-refractivity contribution in [3.8, 4) is 11.5 Å². The Labute approximate surface area is 151 Å². The summed E-state index contributed by atoms with van der Waals surface area (Å²) in [5.41, 5.74) is 1.85. The number of thioether (sulfide) groups is 1. The number of hydrogen-bond acceptors (Lipinski definition) is 4. The van der Waals surface area contributed by atoms with E-state index >= 15 is 0 Å². The van der Waals surface area contributed by atoms with Crippen molar-refractivity contribution in [2.75, 3.05) is 20.0 Å². The van der Waals surface area contributed by atoms with Crippen molar-refractivity contribution in [2.24, 2.45) is 0 Å². The minimum absolute atomic E-state index is 0.0653. The third kappa shape index (κ3) is 5.67. The Hall–Kier alpha value is -2.21. The predicted octanol–water partition coefficient (Wildman–Crippen LogP) is 3.95. The number of amides is 1. The summed E-state index contributed by atoms with van der Waals surface area (Å²) in [5, 5.41) is 2.96. The van der Waals surface area contributed by atoms with Crippen LogP contribution in [0, 0.1) is 5.82 Å². The Balaban J connectivity index is 1.88. The highest BCUT2D eigenvalue weighted by molar-refractivity contribution is 7.99. The number of hydrogen-bond donors (Lipinski definition) is 1. The van der Waals surface area contributed by atoms with Crippen molar-refractivity contribution >= 4 is 17.7 Å². The smallest absolute Gasteiger partial charge is 0.230 e. The Bertz CT molecular complexity index is 706. The van der Waals surface area contributed by atoms with E-state index in [1.54, 1.807) is 26.4 Å². The molecule has 2 aromatic rings. The molecule has 2 rings (SSSR count). The van der Waals surface area contributed by atoms with Crippen molar-refractivity contribution in [1.82, 2.24) is 5.32 Å². The van der Waals surface area contributed by atoms with Gasteiger partial charge < -0.3 is 14.8 Å². The second-order valence-corrected chi connectivity index (χ2v) is 6.50. The summed E-state index contributed by atoms with van der Waals surface area (Å²) < 4.78 is 23.5. The zero-order chi connectivity index (χ0) is 18.2. The van der Waals surface area contributed by atoms with E-state index in [2.05, 4.69) is 5.32 Å². The summed E-state index contributed by atoms with van der Waals surface area (Å²) in [6.07, 6.45) is 0. The van der Waals surface area contributed by atoms with E-state index in [9.17, 15) is 9.18 Å². The number of halogens is 1. The fourth-order valence-corrected chi connectivity index (χ4v) is 3.18. The second kappa shape index (κ2) is 9.32. The molecule has 0 heterocycles. The lowest BCUT2D eigenvalue weighted by Crippen LogP contribution is -2.28.